The molecule has 0 unspecified atom stereocenters. The number of imidazole rings is 1. The molecule has 0 radical (unpaired) electrons. The molecule has 104 valence electrons. The molecule has 2 aromatic rings. The van der Waals surface area contributed by atoms with Crippen molar-refractivity contribution in [3.05, 3.63) is 29.8 Å². The monoisotopic (exact) mass is 261 g/mol. The van der Waals surface area contributed by atoms with Crippen LogP contribution in [0.4, 0.5) is 5.95 Å². The van der Waals surface area contributed by atoms with Gasteiger partial charge < -0.3 is 9.88 Å². The van der Waals surface area contributed by atoms with E-state index in [0.717, 1.165) is 31.2 Å². The van der Waals surface area contributed by atoms with Crippen LogP contribution in [0.1, 0.15) is 31.0 Å². The highest BCUT2D eigenvalue weighted by atomic mass is 15.2. The number of nitrogens with zero attached hydrogens (tertiary/aromatic N) is 4. The third-order valence-corrected chi connectivity index (χ3v) is 3.11. The molecule has 2 rings (SSSR count). The van der Waals surface area contributed by atoms with Crippen LogP contribution in [0.2, 0.25) is 0 Å². The average molecular weight is 261 g/mol. The van der Waals surface area contributed by atoms with Gasteiger partial charge in [0.1, 0.15) is 0 Å². The van der Waals surface area contributed by atoms with E-state index in [2.05, 4.69) is 39.3 Å². The highest BCUT2D eigenvalue weighted by Crippen LogP contribution is 2.10. The van der Waals surface area contributed by atoms with Crippen molar-refractivity contribution in [1.29, 1.82) is 0 Å². The fraction of sp³-hybridized carbons (Fsp3) is 0.571. The molecule has 5 nitrogen and oxygen atoms in total. The first-order valence-corrected chi connectivity index (χ1v) is 6.94. The largest absolute Gasteiger partial charge is 0.356 e. The maximum absolute atomic E-state index is 4.53. The standard InChI is InChI=1S/C14H23N5/c1-4-5-7-15-14-17-12(2)10-19(14)8-6-13-9-16-18(3)11-13/h9-11H,4-8H2,1-3H3,(H,15,17). The molecule has 0 saturated carbocycles. The predicted octanol–water partition coefficient (Wildman–Crippen LogP) is 2.38. The van der Waals surface area contributed by atoms with Crippen molar-refractivity contribution in [3.8, 4) is 0 Å². The molecule has 0 atom stereocenters. The maximum Gasteiger partial charge on any atom is 0.203 e. The van der Waals surface area contributed by atoms with E-state index < -0.39 is 0 Å². The molecule has 0 spiro atoms. The zero-order valence-corrected chi connectivity index (χ0v) is 12.1. The fourth-order valence-electron chi connectivity index (χ4n) is 2.09. The quantitative estimate of drug-likeness (QED) is 0.778. The van der Waals surface area contributed by atoms with E-state index in [1.165, 1.54) is 18.4 Å². The van der Waals surface area contributed by atoms with Gasteiger partial charge in [0.05, 0.1) is 11.9 Å². The summed E-state index contributed by atoms with van der Waals surface area (Å²) in [5, 5.41) is 7.60. The van der Waals surface area contributed by atoms with E-state index in [1.54, 1.807) is 0 Å². The van der Waals surface area contributed by atoms with Gasteiger partial charge in [0, 0.05) is 32.5 Å². The Labute approximate surface area is 114 Å². The number of hydrogen-bond donors (Lipinski definition) is 1. The second-order valence-corrected chi connectivity index (χ2v) is 4.95. The van der Waals surface area contributed by atoms with Crippen LogP contribution in [0.15, 0.2) is 18.6 Å². The fourth-order valence-corrected chi connectivity index (χ4v) is 2.09. The minimum Gasteiger partial charge on any atom is -0.356 e. The van der Waals surface area contributed by atoms with Crippen molar-refractivity contribution in [2.45, 2.75) is 39.7 Å². The van der Waals surface area contributed by atoms with Gasteiger partial charge in [-0.15, -0.1) is 0 Å². The molecule has 0 bridgehead atoms. The summed E-state index contributed by atoms with van der Waals surface area (Å²) in [6.07, 6.45) is 9.44. The van der Waals surface area contributed by atoms with Crippen LogP contribution >= 0.6 is 0 Å². The summed E-state index contributed by atoms with van der Waals surface area (Å²) >= 11 is 0. The van der Waals surface area contributed by atoms with Gasteiger partial charge >= 0.3 is 0 Å². The molecule has 0 amide bonds. The summed E-state index contributed by atoms with van der Waals surface area (Å²) in [6, 6.07) is 0. The van der Waals surface area contributed by atoms with Crippen molar-refractivity contribution in [2.75, 3.05) is 11.9 Å². The van der Waals surface area contributed by atoms with E-state index in [4.69, 9.17) is 0 Å². The molecule has 19 heavy (non-hydrogen) atoms. The summed E-state index contributed by atoms with van der Waals surface area (Å²) in [5.41, 5.74) is 2.32. The SMILES string of the molecule is CCCCNc1nc(C)cn1CCc1cnn(C)c1. The van der Waals surface area contributed by atoms with E-state index in [9.17, 15) is 0 Å². The molecule has 1 N–H and O–H groups in total. The van der Waals surface area contributed by atoms with Crippen molar-refractivity contribution in [3.63, 3.8) is 0 Å². The summed E-state index contributed by atoms with van der Waals surface area (Å²) in [5.74, 6) is 0.981. The first kappa shape index (κ1) is 13.6. The lowest BCUT2D eigenvalue weighted by molar-refractivity contribution is 0.694. The van der Waals surface area contributed by atoms with Gasteiger partial charge in [0.2, 0.25) is 5.95 Å². The van der Waals surface area contributed by atoms with Crippen LogP contribution in [0, 0.1) is 6.92 Å². The van der Waals surface area contributed by atoms with Gasteiger partial charge in [-0.3, -0.25) is 4.68 Å². The summed E-state index contributed by atoms with van der Waals surface area (Å²) in [6.45, 7) is 6.15. The van der Waals surface area contributed by atoms with Gasteiger partial charge in [0.15, 0.2) is 0 Å². The van der Waals surface area contributed by atoms with Crippen molar-refractivity contribution in [2.24, 2.45) is 7.05 Å². The lowest BCUT2D eigenvalue weighted by Crippen LogP contribution is -2.09. The average Bonchev–Trinajstić information content (AvgIpc) is 2.94. The minimum absolute atomic E-state index is 0.932. The van der Waals surface area contributed by atoms with Gasteiger partial charge in [-0.1, -0.05) is 13.3 Å². The van der Waals surface area contributed by atoms with Crippen molar-refractivity contribution < 1.29 is 0 Å². The molecule has 0 aromatic carbocycles. The molecule has 5 heteroatoms. The summed E-state index contributed by atoms with van der Waals surface area (Å²) < 4.78 is 4.03. The summed E-state index contributed by atoms with van der Waals surface area (Å²) in [4.78, 5) is 4.53. The molecule has 0 fully saturated rings. The summed E-state index contributed by atoms with van der Waals surface area (Å²) in [7, 11) is 1.95. The zero-order valence-electron chi connectivity index (χ0n) is 12.1. The molecular weight excluding hydrogens is 238 g/mol. The Morgan fingerprint density at radius 1 is 1.32 bits per heavy atom. The lowest BCUT2D eigenvalue weighted by atomic mass is 10.2. The Morgan fingerprint density at radius 3 is 2.84 bits per heavy atom. The number of aryl methyl sites for hydroxylation is 4. The first-order valence-electron chi connectivity index (χ1n) is 6.94. The van der Waals surface area contributed by atoms with E-state index in [1.807, 2.05) is 24.9 Å². The van der Waals surface area contributed by atoms with Gasteiger partial charge in [-0.25, -0.2) is 4.98 Å². The maximum atomic E-state index is 4.53. The molecule has 0 aliphatic heterocycles. The Hall–Kier alpha value is -1.78. The van der Waals surface area contributed by atoms with Crippen LogP contribution in [-0.2, 0) is 20.0 Å². The van der Waals surface area contributed by atoms with Crippen LogP contribution in [0.25, 0.3) is 0 Å². The zero-order chi connectivity index (χ0) is 13.7. The number of rotatable bonds is 7. The van der Waals surface area contributed by atoms with Crippen molar-refractivity contribution >= 4 is 5.95 Å². The number of nitrogens with one attached hydrogen (secondary N) is 1. The van der Waals surface area contributed by atoms with Crippen molar-refractivity contribution in [1.82, 2.24) is 19.3 Å². The third kappa shape index (κ3) is 3.84. The van der Waals surface area contributed by atoms with Gasteiger partial charge in [-0.05, 0) is 25.3 Å². The van der Waals surface area contributed by atoms with Gasteiger partial charge in [0.25, 0.3) is 0 Å². The van der Waals surface area contributed by atoms with E-state index in [-0.39, 0.29) is 0 Å². The molecule has 2 heterocycles. The smallest absolute Gasteiger partial charge is 0.203 e. The molecular formula is C14H23N5. The normalized spacial score (nSPS) is 10.9. The molecule has 2 aromatic heterocycles. The second kappa shape index (κ2) is 6.41. The van der Waals surface area contributed by atoms with Crippen LogP contribution < -0.4 is 5.32 Å². The Morgan fingerprint density at radius 2 is 2.16 bits per heavy atom. The Balaban J connectivity index is 1.95. The first-order chi connectivity index (χ1) is 9.19. The number of aromatic nitrogens is 4. The predicted molar refractivity (Wildman–Crippen MR) is 77.3 cm³/mol. The number of hydrogen-bond acceptors (Lipinski definition) is 3. The molecule has 0 aliphatic rings. The topological polar surface area (TPSA) is 47.7 Å². The van der Waals surface area contributed by atoms with Crippen LogP contribution in [-0.4, -0.2) is 25.9 Å². The Kier molecular flexibility index (Phi) is 4.60. The second-order valence-electron chi connectivity index (χ2n) is 4.95. The highest BCUT2D eigenvalue weighted by Gasteiger charge is 2.05. The Bertz CT molecular complexity index is 512. The van der Waals surface area contributed by atoms with Crippen LogP contribution in [0.3, 0.4) is 0 Å². The van der Waals surface area contributed by atoms with E-state index in [0.29, 0.717) is 0 Å². The van der Waals surface area contributed by atoms with E-state index >= 15 is 0 Å². The third-order valence-electron chi connectivity index (χ3n) is 3.11. The number of anilines is 1. The van der Waals surface area contributed by atoms with Gasteiger partial charge in [-0.2, -0.15) is 5.10 Å². The molecule has 0 aliphatic carbocycles. The number of unbranched alkanes of at least 4 members (excludes halogenated alkanes) is 1. The van der Waals surface area contributed by atoms with Crippen LogP contribution in [0.5, 0.6) is 0 Å². The lowest BCUT2D eigenvalue weighted by Gasteiger charge is -2.08. The molecule has 0 saturated heterocycles. The highest BCUT2D eigenvalue weighted by molar-refractivity contribution is 5.28. The minimum atomic E-state index is 0.932.